The van der Waals surface area contributed by atoms with Gasteiger partial charge in [-0.1, -0.05) is 26.0 Å². The molecule has 19 heavy (non-hydrogen) atoms. The van der Waals surface area contributed by atoms with E-state index in [9.17, 15) is 4.79 Å². The summed E-state index contributed by atoms with van der Waals surface area (Å²) < 4.78 is 11.2. The van der Waals surface area contributed by atoms with Crippen molar-refractivity contribution in [2.24, 2.45) is 17.8 Å². The van der Waals surface area contributed by atoms with Gasteiger partial charge in [-0.15, -0.1) is 0 Å². The molecule has 1 saturated heterocycles. The zero-order chi connectivity index (χ0) is 14.6. The molecule has 3 heteroatoms. The van der Waals surface area contributed by atoms with Crippen molar-refractivity contribution in [1.29, 1.82) is 0 Å². The maximum absolute atomic E-state index is 12.0. The van der Waals surface area contributed by atoms with Crippen LogP contribution in [0.2, 0.25) is 0 Å². The van der Waals surface area contributed by atoms with E-state index in [1.165, 1.54) is 0 Å². The summed E-state index contributed by atoms with van der Waals surface area (Å²) in [5, 5.41) is 0. The van der Waals surface area contributed by atoms with Crippen LogP contribution in [0, 0.1) is 17.8 Å². The average Bonchev–Trinajstić information content (AvgIpc) is 2.27. The summed E-state index contributed by atoms with van der Waals surface area (Å²) in [6.45, 7) is 14.7. The summed E-state index contributed by atoms with van der Waals surface area (Å²) >= 11 is 0. The predicted molar refractivity (Wildman–Crippen MR) is 76.8 cm³/mol. The first-order valence-corrected chi connectivity index (χ1v) is 7.34. The smallest absolute Gasteiger partial charge is 0.311 e. The minimum absolute atomic E-state index is 0.0709. The molecule has 0 N–H and O–H groups in total. The molecule has 0 amide bonds. The Morgan fingerprint density at radius 2 is 2.05 bits per heavy atom. The van der Waals surface area contributed by atoms with Crippen LogP contribution in [0.5, 0.6) is 0 Å². The van der Waals surface area contributed by atoms with Crippen molar-refractivity contribution in [1.82, 2.24) is 0 Å². The highest BCUT2D eigenvalue weighted by molar-refractivity contribution is 5.73. The topological polar surface area (TPSA) is 35.5 Å². The molecule has 0 saturated carbocycles. The molecule has 1 aliphatic heterocycles. The normalized spacial score (nSPS) is 31.3. The lowest BCUT2D eigenvalue weighted by molar-refractivity contribution is -0.166. The van der Waals surface area contributed by atoms with Gasteiger partial charge in [-0.25, -0.2) is 0 Å². The van der Waals surface area contributed by atoms with Gasteiger partial charge in [0, 0.05) is 5.92 Å². The minimum atomic E-state index is -0.162. The lowest BCUT2D eigenvalue weighted by Gasteiger charge is -2.40. The fourth-order valence-corrected chi connectivity index (χ4v) is 2.82. The van der Waals surface area contributed by atoms with Gasteiger partial charge in [0.1, 0.15) is 0 Å². The molecule has 0 bridgehead atoms. The van der Waals surface area contributed by atoms with E-state index < -0.39 is 0 Å². The van der Waals surface area contributed by atoms with Crippen LogP contribution in [-0.4, -0.2) is 24.8 Å². The maximum Gasteiger partial charge on any atom is 0.311 e. The van der Waals surface area contributed by atoms with Crippen molar-refractivity contribution < 1.29 is 14.3 Å². The summed E-state index contributed by atoms with van der Waals surface area (Å²) in [5.41, 5.74) is 1.10. The summed E-state index contributed by atoms with van der Waals surface area (Å²) in [5.74, 6) is 0.542. The van der Waals surface area contributed by atoms with Crippen molar-refractivity contribution in [2.45, 2.75) is 59.7 Å². The molecule has 0 aromatic carbocycles. The highest BCUT2D eigenvalue weighted by Crippen LogP contribution is 2.37. The number of carbonyl (C=O) groups excluding carboxylic acids is 1. The molecule has 110 valence electrons. The third-order valence-corrected chi connectivity index (χ3v) is 3.84. The van der Waals surface area contributed by atoms with Crippen LogP contribution in [-0.2, 0) is 14.3 Å². The van der Waals surface area contributed by atoms with Crippen LogP contribution in [0.4, 0.5) is 0 Å². The van der Waals surface area contributed by atoms with Crippen molar-refractivity contribution in [3.05, 3.63) is 12.2 Å². The Labute approximate surface area is 117 Å². The van der Waals surface area contributed by atoms with Gasteiger partial charge in [0.2, 0.25) is 0 Å². The van der Waals surface area contributed by atoms with Gasteiger partial charge in [-0.3, -0.25) is 4.79 Å². The van der Waals surface area contributed by atoms with Gasteiger partial charge in [-0.05, 0) is 39.5 Å². The first-order valence-electron chi connectivity index (χ1n) is 7.34. The lowest BCUT2D eigenvalue weighted by atomic mass is 9.78. The van der Waals surface area contributed by atoms with Crippen molar-refractivity contribution >= 4 is 5.97 Å². The fraction of sp³-hybridized carbons (Fsp3) is 0.812. The Bertz CT molecular complexity index is 322. The molecule has 0 unspecified atom stereocenters. The minimum Gasteiger partial charge on any atom is -0.466 e. The largest absolute Gasteiger partial charge is 0.466 e. The zero-order valence-electron chi connectivity index (χ0n) is 12.9. The molecular formula is C16H28O3. The Morgan fingerprint density at radius 3 is 2.53 bits per heavy atom. The predicted octanol–water partition coefficient (Wildman–Crippen LogP) is 3.58. The second-order valence-corrected chi connectivity index (χ2v) is 6.06. The van der Waals surface area contributed by atoms with E-state index in [0.717, 1.165) is 18.4 Å². The summed E-state index contributed by atoms with van der Waals surface area (Å²) in [7, 11) is 0. The number of carbonyl (C=O) groups is 1. The monoisotopic (exact) mass is 268 g/mol. The SMILES string of the molecule is C=C(C)[C@@H]1C[C@@H](C(=O)OCC)[C@@H](C)O[C@H]1CC(C)C. The van der Waals surface area contributed by atoms with Crippen LogP contribution in [0.1, 0.15) is 47.5 Å². The number of hydrogen-bond acceptors (Lipinski definition) is 3. The van der Waals surface area contributed by atoms with Gasteiger partial charge in [0.15, 0.2) is 0 Å². The maximum atomic E-state index is 12.0. The molecule has 0 aromatic heterocycles. The van der Waals surface area contributed by atoms with Crippen LogP contribution >= 0.6 is 0 Å². The Morgan fingerprint density at radius 1 is 1.42 bits per heavy atom. The first-order chi connectivity index (χ1) is 8.86. The van der Waals surface area contributed by atoms with E-state index in [1.807, 2.05) is 20.8 Å². The Kier molecular flexibility index (Phi) is 6.05. The summed E-state index contributed by atoms with van der Waals surface area (Å²) in [4.78, 5) is 12.0. The molecule has 0 radical (unpaired) electrons. The van der Waals surface area contributed by atoms with Crippen LogP contribution in [0.25, 0.3) is 0 Å². The van der Waals surface area contributed by atoms with E-state index >= 15 is 0 Å². The van der Waals surface area contributed by atoms with Gasteiger partial charge in [0.25, 0.3) is 0 Å². The number of rotatable bonds is 5. The third kappa shape index (κ3) is 4.34. The standard InChI is InChI=1S/C16H28O3/c1-7-18-16(17)14-9-13(11(4)5)15(8-10(2)3)19-12(14)6/h10,12-15H,4,7-9H2,1-3,5-6H3/t12-,13+,14-,15+/m1/s1. The number of hydrogen-bond donors (Lipinski definition) is 0. The lowest BCUT2D eigenvalue weighted by Crippen LogP contribution is -2.44. The summed E-state index contributed by atoms with van der Waals surface area (Å²) in [6, 6.07) is 0. The number of ether oxygens (including phenoxy) is 2. The Balaban J connectivity index is 2.78. The van der Waals surface area contributed by atoms with Gasteiger partial charge in [0.05, 0.1) is 24.7 Å². The average molecular weight is 268 g/mol. The van der Waals surface area contributed by atoms with E-state index in [2.05, 4.69) is 20.4 Å². The van der Waals surface area contributed by atoms with Crippen molar-refractivity contribution in [2.75, 3.05) is 6.61 Å². The second kappa shape index (κ2) is 7.09. The molecule has 0 aromatic rings. The zero-order valence-corrected chi connectivity index (χ0v) is 12.9. The number of esters is 1. The molecule has 0 aliphatic carbocycles. The van der Waals surface area contributed by atoms with Crippen LogP contribution in [0.3, 0.4) is 0 Å². The highest BCUT2D eigenvalue weighted by atomic mass is 16.5. The molecule has 1 heterocycles. The molecule has 1 rings (SSSR count). The van der Waals surface area contributed by atoms with Gasteiger partial charge >= 0.3 is 5.97 Å². The molecule has 4 atom stereocenters. The molecule has 1 fully saturated rings. The van der Waals surface area contributed by atoms with E-state index in [0.29, 0.717) is 12.5 Å². The third-order valence-electron chi connectivity index (χ3n) is 3.84. The molecule has 3 nitrogen and oxygen atoms in total. The Hall–Kier alpha value is -0.830. The quantitative estimate of drug-likeness (QED) is 0.564. The van der Waals surface area contributed by atoms with E-state index in [-0.39, 0.29) is 30.0 Å². The molecule has 1 aliphatic rings. The van der Waals surface area contributed by atoms with E-state index in [1.54, 1.807) is 0 Å². The van der Waals surface area contributed by atoms with Crippen LogP contribution in [0.15, 0.2) is 12.2 Å². The van der Waals surface area contributed by atoms with E-state index in [4.69, 9.17) is 9.47 Å². The van der Waals surface area contributed by atoms with Gasteiger partial charge < -0.3 is 9.47 Å². The first kappa shape index (κ1) is 16.2. The highest BCUT2D eigenvalue weighted by Gasteiger charge is 2.40. The summed E-state index contributed by atoms with van der Waals surface area (Å²) in [6.07, 6.45) is 1.92. The van der Waals surface area contributed by atoms with Crippen molar-refractivity contribution in [3.63, 3.8) is 0 Å². The van der Waals surface area contributed by atoms with Crippen molar-refractivity contribution in [3.8, 4) is 0 Å². The van der Waals surface area contributed by atoms with Gasteiger partial charge in [-0.2, -0.15) is 0 Å². The molecular weight excluding hydrogens is 240 g/mol. The van der Waals surface area contributed by atoms with Crippen LogP contribution < -0.4 is 0 Å². The second-order valence-electron chi connectivity index (χ2n) is 6.06. The molecule has 0 spiro atoms. The fourth-order valence-electron chi connectivity index (χ4n) is 2.82.